The SMILES string of the molecule is Cc1ncccc1Nc1nccn1CC(C)C. The minimum Gasteiger partial charge on any atom is -0.324 e. The van der Waals surface area contributed by atoms with Gasteiger partial charge in [-0.3, -0.25) is 4.98 Å². The third-order valence-electron chi connectivity index (χ3n) is 2.53. The maximum Gasteiger partial charge on any atom is 0.207 e. The molecule has 0 aliphatic rings. The Labute approximate surface area is 102 Å². The number of imidazole rings is 1. The summed E-state index contributed by atoms with van der Waals surface area (Å²) in [5.74, 6) is 1.47. The number of pyridine rings is 1. The zero-order chi connectivity index (χ0) is 12.3. The first-order valence-electron chi connectivity index (χ1n) is 5.86. The van der Waals surface area contributed by atoms with E-state index in [-0.39, 0.29) is 0 Å². The summed E-state index contributed by atoms with van der Waals surface area (Å²) in [6, 6.07) is 3.93. The quantitative estimate of drug-likeness (QED) is 0.878. The number of rotatable bonds is 4. The van der Waals surface area contributed by atoms with Crippen molar-refractivity contribution < 1.29 is 0 Å². The van der Waals surface area contributed by atoms with Crippen LogP contribution in [-0.4, -0.2) is 14.5 Å². The lowest BCUT2D eigenvalue weighted by atomic mass is 10.2. The molecule has 0 spiro atoms. The second-order valence-corrected chi connectivity index (χ2v) is 4.56. The molecule has 0 bridgehead atoms. The average molecular weight is 230 g/mol. The molecule has 0 radical (unpaired) electrons. The summed E-state index contributed by atoms with van der Waals surface area (Å²) in [6.45, 7) is 7.33. The monoisotopic (exact) mass is 230 g/mol. The zero-order valence-corrected chi connectivity index (χ0v) is 10.5. The van der Waals surface area contributed by atoms with Crippen LogP contribution in [0.2, 0.25) is 0 Å². The molecule has 0 saturated heterocycles. The highest BCUT2D eigenvalue weighted by molar-refractivity contribution is 5.55. The van der Waals surface area contributed by atoms with Gasteiger partial charge in [-0.25, -0.2) is 4.98 Å². The van der Waals surface area contributed by atoms with Gasteiger partial charge in [0.15, 0.2) is 0 Å². The molecule has 0 aromatic carbocycles. The first-order valence-corrected chi connectivity index (χ1v) is 5.86. The van der Waals surface area contributed by atoms with Gasteiger partial charge < -0.3 is 9.88 Å². The van der Waals surface area contributed by atoms with Gasteiger partial charge >= 0.3 is 0 Å². The van der Waals surface area contributed by atoms with Gasteiger partial charge in [0.05, 0.1) is 11.4 Å². The third kappa shape index (κ3) is 2.84. The van der Waals surface area contributed by atoms with Crippen LogP contribution in [0.15, 0.2) is 30.7 Å². The molecule has 4 nitrogen and oxygen atoms in total. The lowest BCUT2D eigenvalue weighted by molar-refractivity contribution is 0.527. The maximum absolute atomic E-state index is 4.33. The van der Waals surface area contributed by atoms with E-state index in [1.165, 1.54) is 0 Å². The predicted octanol–water partition coefficient (Wildman–Crippen LogP) is 2.99. The van der Waals surface area contributed by atoms with E-state index in [2.05, 4.69) is 33.7 Å². The molecule has 1 N–H and O–H groups in total. The molecular weight excluding hydrogens is 212 g/mol. The average Bonchev–Trinajstić information content (AvgIpc) is 2.68. The van der Waals surface area contributed by atoms with Crippen LogP contribution in [-0.2, 0) is 6.54 Å². The van der Waals surface area contributed by atoms with Gasteiger partial charge in [-0.05, 0) is 25.0 Å². The van der Waals surface area contributed by atoms with Crippen molar-refractivity contribution in [3.8, 4) is 0 Å². The number of hydrogen-bond acceptors (Lipinski definition) is 3. The van der Waals surface area contributed by atoms with E-state index in [4.69, 9.17) is 0 Å². The Bertz CT molecular complexity index is 488. The number of nitrogens with one attached hydrogen (secondary N) is 1. The van der Waals surface area contributed by atoms with Crippen LogP contribution in [0.3, 0.4) is 0 Å². The normalized spacial score (nSPS) is 10.8. The van der Waals surface area contributed by atoms with E-state index in [0.29, 0.717) is 5.92 Å². The van der Waals surface area contributed by atoms with Crippen molar-refractivity contribution >= 4 is 11.6 Å². The Balaban J connectivity index is 2.19. The van der Waals surface area contributed by atoms with E-state index >= 15 is 0 Å². The fourth-order valence-electron chi connectivity index (χ4n) is 1.71. The summed E-state index contributed by atoms with van der Waals surface area (Å²) in [7, 11) is 0. The Morgan fingerprint density at radius 1 is 1.29 bits per heavy atom. The number of aromatic nitrogens is 3. The Morgan fingerprint density at radius 2 is 2.12 bits per heavy atom. The van der Waals surface area contributed by atoms with E-state index in [1.54, 1.807) is 6.20 Å². The minimum atomic E-state index is 0.597. The molecule has 4 heteroatoms. The summed E-state index contributed by atoms with van der Waals surface area (Å²) in [4.78, 5) is 8.58. The Hall–Kier alpha value is -1.84. The van der Waals surface area contributed by atoms with Crippen LogP contribution in [0.5, 0.6) is 0 Å². The summed E-state index contributed by atoms with van der Waals surface area (Å²) < 4.78 is 2.12. The fourth-order valence-corrected chi connectivity index (χ4v) is 1.71. The highest BCUT2D eigenvalue weighted by Gasteiger charge is 2.06. The van der Waals surface area contributed by atoms with Crippen molar-refractivity contribution in [2.24, 2.45) is 5.92 Å². The number of aryl methyl sites for hydroxylation is 1. The van der Waals surface area contributed by atoms with Gasteiger partial charge in [0, 0.05) is 25.1 Å². The molecule has 0 fully saturated rings. The molecule has 0 unspecified atom stereocenters. The van der Waals surface area contributed by atoms with Gasteiger partial charge in [0.25, 0.3) is 0 Å². The molecule has 90 valence electrons. The molecule has 2 aromatic rings. The Morgan fingerprint density at radius 3 is 2.82 bits per heavy atom. The molecule has 17 heavy (non-hydrogen) atoms. The lowest BCUT2D eigenvalue weighted by Gasteiger charge is -2.12. The molecule has 2 heterocycles. The summed E-state index contributed by atoms with van der Waals surface area (Å²) in [5, 5.41) is 3.32. The minimum absolute atomic E-state index is 0.597. The van der Waals surface area contributed by atoms with Crippen molar-refractivity contribution in [2.75, 3.05) is 5.32 Å². The molecule has 0 atom stereocenters. The van der Waals surface area contributed by atoms with Crippen LogP contribution < -0.4 is 5.32 Å². The predicted molar refractivity (Wildman–Crippen MR) is 69.3 cm³/mol. The van der Waals surface area contributed by atoms with Crippen LogP contribution in [0, 0.1) is 12.8 Å². The molecule has 0 aliphatic carbocycles. The van der Waals surface area contributed by atoms with E-state index in [9.17, 15) is 0 Å². The van der Waals surface area contributed by atoms with Crippen molar-refractivity contribution in [1.82, 2.24) is 14.5 Å². The number of anilines is 2. The summed E-state index contributed by atoms with van der Waals surface area (Å²) >= 11 is 0. The molecule has 0 amide bonds. The number of nitrogens with zero attached hydrogens (tertiary/aromatic N) is 3. The van der Waals surface area contributed by atoms with E-state index in [1.807, 2.05) is 31.5 Å². The van der Waals surface area contributed by atoms with Crippen LogP contribution >= 0.6 is 0 Å². The highest BCUT2D eigenvalue weighted by atomic mass is 15.2. The second-order valence-electron chi connectivity index (χ2n) is 4.56. The van der Waals surface area contributed by atoms with Crippen LogP contribution in [0.1, 0.15) is 19.5 Å². The first kappa shape index (κ1) is 11.6. The van der Waals surface area contributed by atoms with Gasteiger partial charge in [-0.2, -0.15) is 0 Å². The molecule has 0 saturated carbocycles. The van der Waals surface area contributed by atoms with E-state index < -0.39 is 0 Å². The summed E-state index contributed by atoms with van der Waals surface area (Å²) in [5.41, 5.74) is 1.98. The van der Waals surface area contributed by atoms with Crippen LogP contribution in [0.4, 0.5) is 11.6 Å². The standard InChI is InChI=1S/C13H18N4/c1-10(2)9-17-8-7-15-13(17)16-12-5-4-6-14-11(12)3/h4-8,10H,9H2,1-3H3,(H,15,16). The first-order chi connectivity index (χ1) is 8.16. The lowest BCUT2D eigenvalue weighted by Crippen LogP contribution is -2.08. The van der Waals surface area contributed by atoms with Crippen molar-refractivity contribution in [3.63, 3.8) is 0 Å². The topological polar surface area (TPSA) is 42.7 Å². The largest absolute Gasteiger partial charge is 0.324 e. The van der Waals surface area contributed by atoms with Gasteiger partial charge in [0.1, 0.15) is 0 Å². The van der Waals surface area contributed by atoms with Gasteiger partial charge in [-0.15, -0.1) is 0 Å². The smallest absolute Gasteiger partial charge is 0.207 e. The van der Waals surface area contributed by atoms with E-state index in [0.717, 1.165) is 23.9 Å². The zero-order valence-electron chi connectivity index (χ0n) is 10.5. The molecule has 0 aliphatic heterocycles. The second kappa shape index (κ2) is 4.99. The molecule has 2 rings (SSSR count). The number of hydrogen-bond donors (Lipinski definition) is 1. The Kier molecular flexibility index (Phi) is 3.42. The van der Waals surface area contributed by atoms with Crippen LogP contribution in [0.25, 0.3) is 0 Å². The highest BCUT2D eigenvalue weighted by Crippen LogP contribution is 2.17. The van der Waals surface area contributed by atoms with Crippen molar-refractivity contribution in [2.45, 2.75) is 27.3 Å². The van der Waals surface area contributed by atoms with Gasteiger partial charge in [0.2, 0.25) is 5.95 Å². The van der Waals surface area contributed by atoms with Crippen molar-refractivity contribution in [1.29, 1.82) is 0 Å². The molecular formula is C13H18N4. The van der Waals surface area contributed by atoms with Crippen molar-refractivity contribution in [3.05, 3.63) is 36.4 Å². The van der Waals surface area contributed by atoms with Gasteiger partial charge in [-0.1, -0.05) is 13.8 Å². The molecule has 2 aromatic heterocycles. The maximum atomic E-state index is 4.33. The third-order valence-corrected chi connectivity index (χ3v) is 2.53. The summed E-state index contributed by atoms with van der Waals surface area (Å²) in [6.07, 6.45) is 5.60. The fraction of sp³-hybridized carbons (Fsp3) is 0.385.